The van der Waals surface area contributed by atoms with Crippen molar-refractivity contribution in [2.24, 2.45) is 0 Å². The Hall–Kier alpha value is -1.55. The molecule has 0 aliphatic carbocycles. The van der Waals surface area contributed by atoms with E-state index < -0.39 is 11.8 Å². The Kier molecular flexibility index (Phi) is 2.59. The van der Waals surface area contributed by atoms with E-state index in [0.29, 0.717) is 16.6 Å². The largest absolute Gasteiger partial charge is 0.465 e. The van der Waals surface area contributed by atoms with Crippen molar-refractivity contribution in [3.8, 4) is 0 Å². The molecule has 1 aromatic carbocycles. The smallest absolute Gasteiger partial charge is 0.340 e. The number of aromatic amines is 1. The van der Waals surface area contributed by atoms with Gasteiger partial charge < -0.3 is 9.72 Å². The quantitative estimate of drug-likeness (QED) is 0.780. The van der Waals surface area contributed by atoms with E-state index in [1.165, 1.54) is 19.2 Å². The number of esters is 1. The van der Waals surface area contributed by atoms with Crippen molar-refractivity contribution < 1.29 is 13.9 Å². The minimum atomic E-state index is -0.509. The second-order valence-corrected chi connectivity index (χ2v) is 3.86. The first-order chi connectivity index (χ1) is 7.54. The molecular weight excluding hydrogens is 233 g/mol. The van der Waals surface area contributed by atoms with Crippen molar-refractivity contribution in [3.05, 3.63) is 34.2 Å². The van der Waals surface area contributed by atoms with Crippen LogP contribution in [0.25, 0.3) is 10.9 Å². The molecule has 0 bridgehead atoms. The zero-order valence-electron chi connectivity index (χ0n) is 8.73. The first-order valence-corrected chi connectivity index (χ1v) is 4.98. The number of carbonyl (C=O) groups is 1. The van der Waals surface area contributed by atoms with Gasteiger partial charge in [0.05, 0.1) is 18.2 Å². The monoisotopic (exact) mass is 241 g/mol. The van der Waals surface area contributed by atoms with Gasteiger partial charge in [0.1, 0.15) is 5.82 Å². The number of nitrogens with one attached hydrogen (secondary N) is 1. The molecule has 0 saturated heterocycles. The number of rotatable bonds is 1. The zero-order chi connectivity index (χ0) is 11.9. The maximum absolute atomic E-state index is 13.5. The summed E-state index contributed by atoms with van der Waals surface area (Å²) in [6.45, 7) is 1.68. The molecule has 16 heavy (non-hydrogen) atoms. The van der Waals surface area contributed by atoms with Gasteiger partial charge >= 0.3 is 5.97 Å². The van der Waals surface area contributed by atoms with Crippen LogP contribution in [0.1, 0.15) is 16.1 Å². The minimum absolute atomic E-state index is 0.245. The number of methoxy groups -OCH3 is 1. The van der Waals surface area contributed by atoms with Gasteiger partial charge in [0.25, 0.3) is 0 Å². The lowest BCUT2D eigenvalue weighted by atomic mass is 10.1. The van der Waals surface area contributed by atoms with Gasteiger partial charge in [-0.3, -0.25) is 0 Å². The number of ether oxygens (including phenoxy) is 1. The van der Waals surface area contributed by atoms with E-state index in [4.69, 9.17) is 11.6 Å². The molecule has 84 valence electrons. The average Bonchev–Trinajstić information content (AvgIpc) is 2.54. The predicted molar refractivity (Wildman–Crippen MR) is 59.3 cm³/mol. The third-order valence-corrected chi connectivity index (χ3v) is 2.62. The molecule has 2 rings (SSSR count). The van der Waals surface area contributed by atoms with E-state index in [0.717, 1.165) is 0 Å². The Morgan fingerprint density at radius 2 is 2.19 bits per heavy atom. The van der Waals surface area contributed by atoms with E-state index in [9.17, 15) is 9.18 Å². The zero-order valence-corrected chi connectivity index (χ0v) is 9.48. The van der Waals surface area contributed by atoms with E-state index in [1.807, 2.05) is 0 Å². The van der Waals surface area contributed by atoms with Crippen LogP contribution in [-0.4, -0.2) is 18.1 Å². The van der Waals surface area contributed by atoms with Crippen LogP contribution in [0, 0.1) is 12.7 Å². The summed E-state index contributed by atoms with van der Waals surface area (Å²) in [5, 5.41) is 0.684. The van der Waals surface area contributed by atoms with Gasteiger partial charge in [-0.2, -0.15) is 0 Å². The number of H-pyrrole nitrogens is 1. The lowest BCUT2D eigenvalue weighted by Crippen LogP contribution is -2.02. The number of hydrogen-bond acceptors (Lipinski definition) is 2. The van der Waals surface area contributed by atoms with Gasteiger partial charge in [-0.05, 0) is 19.1 Å². The number of halogens is 2. The molecule has 1 aromatic heterocycles. The number of fused-ring (bicyclic) bond motifs is 1. The van der Waals surface area contributed by atoms with Gasteiger partial charge in [-0.15, -0.1) is 0 Å². The van der Waals surface area contributed by atoms with E-state index in [1.54, 1.807) is 6.92 Å². The fourth-order valence-corrected chi connectivity index (χ4v) is 1.92. The highest BCUT2D eigenvalue weighted by Gasteiger charge is 2.18. The second kappa shape index (κ2) is 3.79. The fraction of sp³-hybridized carbons (Fsp3) is 0.182. The molecule has 0 spiro atoms. The molecule has 2 aromatic rings. The minimum Gasteiger partial charge on any atom is -0.465 e. The lowest BCUT2D eigenvalue weighted by molar-refractivity contribution is 0.0602. The van der Waals surface area contributed by atoms with Crippen LogP contribution in [0.5, 0.6) is 0 Å². The molecule has 0 saturated carbocycles. The first-order valence-electron chi connectivity index (χ1n) is 4.60. The van der Waals surface area contributed by atoms with Crippen LogP contribution in [0.3, 0.4) is 0 Å². The number of hydrogen-bond donors (Lipinski definition) is 1. The summed E-state index contributed by atoms with van der Waals surface area (Å²) in [6.07, 6.45) is 0. The molecule has 0 unspecified atom stereocenters. The highest BCUT2D eigenvalue weighted by Crippen LogP contribution is 2.28. The van der Waals surface area contributed by atoms with Gasteiger partial charge in [0, 0.05) is 16.1 Å². The van der Waals surface area contributed by atoms with Crippen molar-refractivity contribution in [1.29, 1.82) is 0 Å². The van der Waals surface area contributed by atoms with Gasteiger partial charge in [0.2, 0.25) is 0 Å². The van der Waals surface area contributed by atoms with Gasteiger partial charge in [0.15, 0.2) is 0 Å². The average molecular weight is 242 g/mol. The molecular formula is C11H9ClFNO2. The van der Waals surface area contributed by atoms with Crippen LogP contribution in [-0.2, 0) is 4.74 Å². The van der Waals surface area contributed by atoms with Crippen molar-refractivity contribution in [2.75, 3.05) is 7.11 Å². The maximum Gasteiger partial charge on any atom is 0.340 e. The second-order valence-electron chi connectivity index (χ2n) is 3.43. The summed E-state index contributed by atoms with van der Waals surface area (Å²) < 4.78 is 18.2. The molecule has 5 heteroatoms. The number of aryl methyl sites for hydroxylation is 1. The van der Waals surface area contributed by atoms with E-state index in [2.05, 4.69) is 9.72 Å². The summed E-state index contributed by atoms with van der Waals surface area (Å²) in [5.74, 6) is -0.994. The van der Waals surface area contributed by atoms with E-state index in [-0.39, 0.29) is 10.5 Å². The predicted octanol–water partition coefficient (Wildman–Crippen LogP) is 3.06. The van der Waals surface area contributed by atoms with Crippen molar-refractivity contribution in [1.82, 2.24) is 4.98 Å². The van der Waals surface area contributed by atoms with Crippen LogP contribution >= 0.6 is 11.6 Å². The number of benzene rings is 1. The molecule has 1 N–H and O–H groups in total. The third kappa shape index (κ3) is 1.55. The number of aromatic nitrogens is 1. The summed E-state index contributed by atoms with van der Waals surface area (Å²) in [6, 6.07) is 2.73. The summed E-state index contributed by atoms with van der Waals surface area (Å²) in [7, 11) is 1.28. The maximum atomic E-state index is 13.5. The molecule has 0 amide bonds. The summed E-state index contributed by atoms with van der Waals surface area (Å²) in [4.78, 5) is 14.3. The highest BCUT2D eigenvalue weighted by atomic mass is 35.5. The molecule has 3 nitrogen and oxygen atoms in total. The molecule has 1 heterocycles. The van der Waals surface area contributed by atoms with Crippen molar-refractivity contribution >= 4 is 28.5 Å². The molecule has 0 radical (unpaired) electrons. The Labute approximate surface area is 96.2 Å². The molecule has 0 aliphatic rings. The Bertz CT molecular complexity index is 577. The van der Waals surface area contributed by atoms with Crippen molar-refractivity contribution in [3.63, 3.8) is 0 Å². The van der Waals surface area contributed by atoms with Gasteiger partial charge in [-0.1, -0.05) is 11.6 Å². The van der Waals surface area contributed by atoms with Crippen LogP contribution in [0.15, 0.2) is 12.1 Å². The Morgan fingerprint density at radius 3 is 2.81 bits per heavy atom. The van der Waals surface area contributed by atoms with Crippen LogP contribution < -0.4 is 0 Å². The van der Waals surface area contributed by atoms with Crippen LogP contribution in [0.4, 0.5) is 4.39 Å². The number of carbonyl (C=O) groups excluding carboxylic acids is 1. The SMILES string of the molecule is COC(=O)c1c(C)[nH]c2c(F)cc(Cl)cc12. The Balaban J connectivity index is 2.83. The highest BCUT2D eigenvalue weighted by molar-refractivity contribution is 6.31. The van der Waals surface area contributed by atoms with Crippen LogP contribution in [0.2, 0.25) is 5.02 Å². The van der Waals surface area contributed by atoms with Gasteiger partial charge in [-0.25, -0.2) is 9.18 Å². The van der Waals surface area contributed by atoms with Crippen molar-refractivity contribution in [2.45, 2.75) is 6.92 Å². The lowest BCUT2D eigenvalue weighted by Gasteiger charge is -1.99. The fourth-order valence-electron chi connectivity index (χ4n) is 1.71. The van der Waals surface area contributed by atoms with E-state index >= 15 is 0 Å². The standard InChI is InChI=1S/C11H9ClFNO2/c1-5-9(11(15)16-2)7-3-6(12)4-8(13)10(7)14-5/h3-4,14H,1-2H3. The summed E-state index contributed by atoms with van der Waals surface area (Å²) >= 11 is 5.75. The Morgan fingerprint density at radius 1 is 1.50 bits per heavy atom. The summed E-state index contributed by atoms with van der Waals surface area (Å²) in [5.41, 5.74) is 1.14. The molecule has 0 aliphatic heterocycles. The topological polar surface area (TPSA) is 42.1 Å². The third-order valence-electron chi connectivity index (χ3n) is 2.40. The molecule has 0 atom stereocenters. The molecule has 0 fully saturated rings. The first kappa shape index (κ1) is 11.0. The normalized spacial score (nSPS) is 10.8.